The molecule has 29 heavy (non-hydrogen) atoms. The Morgan fingerprint density at radius 3 is 2.17 bits per heavy atom. The van der Waals surface area contributed by atoms with Gasteiger partial charge in [-0.25, -0.2) is 4.98 Å². The number of hydrogen-bond donors (Lipinski definition) is 1. The van der Waals surface area contributed by atoms with E-state index in [1.54, 1.807) is 12.1 Å². The first-order chi connectivity index (χ1) is 13.9. The van der Waals surface area contributed by atoms with Crippen LogP contribution in [-0.2, 0) is 0 Å². The lowest BCUT2D eigenvalue weighted by Crippen LogP contribution is -2.13. The summed E-state index contributed by atoms with van der Waals surface area (Å²) in [7, 11) is 0. The van der Waals surface area contributed by atoms with Gasteiger partial charge in [0, 0.05) is 22.9 Å². The fourth-order valence-corrected chi connectivity index (χ4v) is 3.03. The third kappa shape index (κ3) is 3.44. The van der Waals surface area contributed by atoms with Crippen molar-refractivity contribution in [3.63, 3.8) is 0 Å². The molecule has 0 saturated heterocycles. The Morgan fingerprint density at radius 1 is 0.828 bits per heavy atom. The lowest BCUT2D eigenvalue weighted by molar-refractivity contribution is -0.394. The van der Waals surface area contributed by atoms with Gasteiger partial charge in [-0.05, 0) is 18.2 Å². The van der Waals surface area contributed by atoms with Crippen molar-refractivity contribution in [2.24, 2.45) is 0 Å². The lowest BCUT2D eigenvalue weighted by atomic mass is 10.1. The van der Waals surface area contributed by atoms with Crippen LogP contribution in [-0.4, -0.2) is 20.7 Å². The minimum absolute atomic E-state index is 0.191. The van der Waals surface area contributed by atoms with Crippen LogP contribution in [0.4, 0.5) is 17.1 Å². The van der Waals surface area contributed by atoms with Crippen LogP contribution in [0.2, 0.25) is 0 Å². The molecule has 0 atom stereocenters. The first kappa shape index (κ1) is 18.0. The second-order valence-corrected chi connectivity index (χ2v) is 6.26. The Morgan fingerprint density at radius 2 is 1.48 bits per heavy atom. The first-order valence-electron chi connectivity index (χ1n) is 8.46. The maximum Gasteiger partial charge on any atom is 0.277 e. The van der Waals surface area contributed by atoms with Crippen LogP contribution in [0.5, 0.6) is 0 Å². The molecule has 9 heteroatoms. The second-order valence-electron chi connectivity index (χ2n) is 6.26. The standard InChI is InChI=1S/C20H12N4O5/c25-20(14-9-15(23(26)27)11-16(10-14)24(28)29)22-18-7-3-5-13-8-12-4-1-2-6-17(12)21-19(13)18/h1-11H,(H,22,25). The van der Waals surface area contributed by atoms with Crippen LogP contribution in [0, 0.1) is 20.2 Å². The Bertz CT molecular complexity index is 1290. The summed E-state index contributed by atoms with van der Waals surface area (Å²) in [6.07, 6.45) is 0. The molecule has 0 aliphatic rings. The highest BCUT2D eigenvalue weighted by Gasteiger charge is 2.20. The van der Waals surface area contributed by atoms with Crippen molar-refractivity contribution in [1.82, 2.24) is 4.98 Å². The molecule has 0 saturated carbocycles. The van der Waals surface area contributed by atoms with E-state index in [1.807, 2.05) is 36.4 Å². The number of rotatable bonds is 4. The molecule has 1 aromatic heterocycles. The van der Waals surface area contributed by atoms with Gasteiger partial charge in [-0.2, -0.15) is 0 Å². The van der Waals surface area contributed by atoms with Crippen molar-refractivity contribution in [3.05, 3.63) is 92.5 Å². The number of carbonyl (C=O) groups is 1. The van der Waals surface area contributed by atoms with E-state index in [4.69, 9.17) is 0 Å². The number of hydrogen-bond acceptors (Lipinski definition) is 6. The number of amides is 1. The molecule has 0 spiro atoms. The van der Waals surface area contributed by atoms with Crippen molar-refractivity contribution in [3.8, 4) is 0 Å². The van der Waals surface area contributed by atoms with E-state index in [0.717, 1.165) is 34.5 Å². The number of nitrogens with zero attached hydrogens (tertiary/aromatic N) is 3. The number of carbonyl (C=O) groups excluding carboxylic acids is 1. The van der Waals surface area contributed by atoms with Crippen LogP contribution < -0.4 is 5.32 Å². The Labute approximate surface area is 162 Å². The van der Waals surface area contributed by atoms with Gasteiger partial charge in [0.15, 0.2) is 0 Å². The van der Waals surface area contributed by atoms with Gasteiger partial charge in [0.05, 0.1) is 38.2 Å². The third-order valence-electron chi connectivity index (χ3n) is 4.38. The molecule has 0 fully saturated rings. The van der Waals surface area contributed by atoms with Crippen molar-refractivity contribution >= 4 is 44.8 Å². The summed E-state index contributed by atoms with van der Waals surface area (Å²) in [5.41, 5.74) is 0.418. The van der Waals surface area contributed by atoms with Crippen LogP contribution in [0.25, 0.3) is 21.8 Å². The molecule has 1 amide bonds. The third-order valence-corrected chi connectivity index (χ3v) is 4.38. The minimum Gasteiger partial charge on any atom is -0.320 e. The smallest absolute Gasteiger partial charge is 0.277 e. The van der Waals surface area contributed by atoms with Crippen LogP contribution in [0.1, 0.15) is 10.4 Å². The molecule has 1 heterocycles. The Kier molecular flexibility index (Phi) is 4.32. The molecule has 0 aliphatic heterocycles. The first-order valence-corrected chi connectivity index (χ1v) is 8.46. The summed E-state index contributed by atoms with van der Waals surface area (Å²) >= 11 is 0. The van der Waals surface area contributed by atoms with Crippen LogP contribution >= 0.6 is 0 Å². The maximum absolute atomic E-state index is 12.7. The number of nitro groups is 2. The zero-order chi connectivity index (χ0) is 20.5. The lowest BCUT2D eigenvalue weighted by Gasteiger charge is -2.09. The minimum atomic E-state index is -0.782. The van der Waals surface area contributed by atoms with Gasteiger partial charge < -0.3 is 5.32 Å². The van der Waals surface area contributed by atoms with Gasteiger partial charge in [0.1, 0.15) is 0 Å². The molecule has 142 valence electrons. The predicted molar refractivity (Wildman–Crippen MR) is 107 cm³/mol. The molecule has 9 nitrogen and oxygen atoms in total. The van der Waals surface area contributed by atoms with Crippen LogP contribution in [0.3, 0.4) is 0 Å². The van der Waals surface area contributed by atoms with Crippen LogP contribution in [0.15, 0.2) is 66.7 Å². The molecule has 0 aliphatic carbocycles. The van der Waals surface area contributed by atoms with E-state index in [1.165, 1.54) is 0 Å². The Balaban J connectivity index is 1.77. The average molecular weight is 388 g/mol. The quantitative estimate of drug-likeness (QED) is 0.312. The molecule has 4 rings (SSSR count). The molecular weight excluding hydrogens is 376 g/mol. The Hall–Kier alpha value is -4.40. The summed E-state index contributed by atoms with van der Waals surface area (Å²) in [6.45, 7) is 0. The zero-order valence-corrected chi connectivity index (χ0v) is 14.7. The summed E-state index contributed by atoms with van der Waals surface area (Å²) in [4.78, 5) is 37.8. The summed E-state index contributed by atoms with van der Waals surface area (Å²) in [6, 6.07) is 17.5. The number of fused-ring (bicyclic) bond motifs is 2. The van der Waals surface area contributed by atoms with E-state index in [9.17, 15) is 25.0 Å². The highest BCUT2D eigenvalue weighted by Crippen LogP contribution is 2.27. The number of para-hydroxylation sites is 2. The zero-order valence-electron chi connectivity index (χ0n) is 14.7. The number of pyridine rings is 1. The molecule has 3 aromatic carbocycles. The van der Waals surface area contributed by atoms with Gasteiger partial charge in [-0.1, -0.05) is 30.3 Å². The van der Waals surface area contributed by atoms with E-state index in [0.29, 0.717) is 11.2 Å². The molecule has 4 aromatic rings. The van der Waals surface area contributed by atoms with Crippen molar-refractivity contribution < 1.29 is 14.6 Å². The van der Waals surface area contributed by atoms with Gasteiger partial charge in [0.25, 0.3) is 17.3 Å². The number of anilines is 1. The predicted octanol–water partition coefficient (Wildman–Crippen LogP) is 4.46. The molecule has 1 N–H and O–H groups in total. The normalized spacial score (nSPS) is 10.8. The topological polar surface area (TPSA) is 128 Å². The highest BCUT2D eigenvalue weighted by molar-refractivity contribution is 6.10. The summed E-state index contributed by atoms with van der Waals surface area (Å²) in [5, 5.41) is 26.5. The van der Waals surface area contributed by atoms with Gasteiger partial charge >= 0.3 is 0 Å². The van der Waals surface area contributed by atoms with Gasteiger partial charge in [-0.3, -0.25) is 25.0 Å². The number of nitro benzene ring substituents is 2. The fraction of sp³-hybridized carbons (Fsp3) is 0. The molecule has 0 radical (unpaired) electrons. The monoisotopic (exact) mass is 388 g/mol. The van der Waals surface area contributed by atoms with Crippen molar-refractivity contribution in [2.75, 3.05) is 5.32 Å². The SMILES string of the molecule is O=C(Nc1cccc2cc3ccccc3nc12)c1cc([N+](=O)[O-])cc([N+](=O)[O-])c1. The molecule has 0 bridgehead atoms. The van der Waals surface area contributed by atoms with E-state index in [2.05, 4.69) is 10.3 Å². The average Bonchev–Trinajstić information content (AvgIpc) is 2.72. The number of nitrogens with one attached hydrogen (secondary N) is 1. The summed E-state index contributed by atoms with van der Waals surface area (Å²) < 4.78 is 0. The van der Waals surface area contributed by atoms with E-state index < -0.39 is 27.1 Å². The van der Waals surface area contributed by atoms with Gasteiger partial charge in [-0.15, -0.1) is 0 Å². The van der Waals surface area contributed by atoms with Gasteiger partial charge in [0.2, 0.25) is 0 Å². The summed E-state index contributed by atoms with van der Waals surface area (Å²) in [5.74, 6) is -0.709. The highest BCUT2D eigenvalue weighted by atomic mass is 16.6. The van der Waals surface area contributed by atoms with E-state index in [-0.39, 0.29) is 5.56 Å². The van der Waals surface area contributed by atoms with Crippen molar-refractivity contribution in [2.45, 2.75) is 0 Å². The maximum atomic E-state index is 12.7. The largest absolute Gasteiger partial charge is 0.320 e. The van der Waals surface area contributed by atoms with E-state index >= 15 is 0 Å². The number of aromatic nitrogens is 1. The molecular formula is C20H12N4O5. The number of benzene rings is 3. The molecule has 0 unspecified atom stereocenters. The fourth-order valence-electron chi connectivity index (χ4n) is 3.03. The second kappa shape index (κ2) is 6.97. The number of non-ortho nitro benzene ring substituents is 2. The van der Waals surface area contributed by atoms with Crippen molar-refractivity contribution in [1.29, 1.82) is 0 Å².